The van der Waals surface area contributed by atoms with Crippen molar-refractivity contribution in [2.75, 3.05) is 56.0 Å². The number of rotatable bonds is 9. The molecule has 0 radical (unpaired) electrons. The minimum Gasteiger partial charge on any atom is -0.370 e. The molecular weight excluding hydrogens is 771 g/mol. The molecule has 4 saturated heterocycles. The fourth-order valence-corrected chi connectivity index (χ4v) is 10.4. The number of nitrogens with one attached hydrogen (secondary N) is 2. The Morgan fingerprint density at radius 2 is 1.67 bits per heavy atom. The molecule has 4 aliphatic heterocycles. The molecule has 4 aliphatic rings. The van der Waals surface area contributed by atoms with Crippen LogP contribution in [-0.4, -0.2) is 96.2 Å². The van der Waals surface area contributed by atoms with Gasteiger partial charge in [0.2, 0.25) is 17.8 Å². The quantitative estimate of drug-likeness (QED) is 0.231. The van der Waals surface area contributed by atoms with Gasteiger partial charge < -0.3 is 15.1 Å². The second kappa shape index (κ2) is 16.7. The molecule has 2 atom stereocenters. The second-order valence-electron chi connectivity index (χ2n) is 15.6. The molecule has 2 aromatic heterocycles. The normalized spacial score (nSPS) is 21.4. The number of nitriles is 1. The molecule has 2 N–H and O–H groups in total. The molecule has 0 saturated carbocycles. The average Bonchev–Trinajstić information content (AvgIpc) is 3.49. The minimum absolute atomic E-state index is 0.0942. The first kappa shape index (κ1) is 39.2. The molecule has 2 amide bonds. The number of aromatic nitrogens is 4. The van der Waals surface area contributed by atoms with E-state index >= 15 is 4.39 Å². The number of hydrogen-bond acceptors (Lipinski definition) is 10. The van der Waals surface area contributed by atoms with E-state index in [4.69, 9.17) is 11.6 Å². The Balaban J connectivity index is 0.857. The number of aryl methyl sites for hydroxylation is 1. The predicted molar refractivity (Wildman–Crippen MR) is 215 cm³/mol. The second-order valence-corrected chi connectivity index (χ2v) is 17.6. The van der Waals surface area contributed by atoms with Crippen molar-refractivity contribution in [3.05, 3.63) is 75.2 Å². The third-order valence-electron chi connectivity index (χ3n) is 12.2. The average molecular weight is 817 g/mol. The summed E-state index contributed by atoms with van der Waals surface area (Å²) in [4.78, 5) is 51.8. The lowest BCUT2D eigenvalue weighted by molar-refractivity contribution is -0.135. The van der Waals surface area contributed by atoms with Gasteiger partial charge in [-0.1, -0.05) is 17.7 Å². The van der Waals surface area contributed by atoms with Gasteiger partial charge >= 0.3 is 5.69 Å². The number of imidazole rings is 1. The maximum absolute atomic E-state index is 15.4. The molecule has 17 heteroatoms. The van der Waals surface area contributed by atoms with Crippen LogP contribution in [0.25, 0.3) is 11.0 Å². The van der Waals surface area contributed by atoms with E-state index in [1.165, 1.54) is 15.2 Å². The zero-order valence-electron chi connectivity index (χ0n) is 31.8. The summed E-state index contributed by atoms with van der Waals surface area (Å²) >= 11 is 5.91. The number of nitrogens with zero attached hydrogens (tertiary/aromatic N) is 8. The van der Waals surface area contributed by atoms with E-state index in [1.54, 1.807) is 31.6 Å². The highest BCUT2D eigenvalue weighted by molar-refractivity contribution is 7.82. The molecule has 300 valence electrons. The number of carbonyl (C=O) groups excluding carboxylic acids is 2. The van der Waals surface area contributed by atoms with Crippen LogP contribution in [0.15, 0.2) is 52.4 Å². The van der Waals surface area contributed by atoms with Gasteiger partial charge in [0.1, 0.15) is 34.4 Å². The van der Waals surface area contributed by atoms with Crippen LogP contribution in [0.2, 0.25) is 5.02 Å². The molecule has 57 heavy (non-hydrogen) atoms. The lowest BCUT2D eigenvalue weighted by Crippen LogP contribution is -2.44. The molecule has 0 aliphatic carbocycles. The SMILES string of the molecule is Cn1c(=O)n(C2CCC(=O)NC2=O)c2c(F)ccc(C3CCN(CC4CCN(c5cc(S(=O)N6CCC(Nc7ncc(Cl)cn7)CC6)ccc5C#N)CC4)CC3)c21. The van der Waals surface area contributed by atoms with Crippen LogP contribution in [0.1, 0.15) is 74.5 Å². The molecule has 0 spiro atoms. The standard InChI is InChI=1S/C40H46ClFN10O4S/c1-48-36-31(4-5-32(42)37(36)52(40(48)55)33-6-7-35(53)47-38(33)54)26-10-14-49(15-11-26)24-25-8-16-50(17-9-25)34-20-30(3-2-27(34)21-43)57(56)51-18-12-29(13-19-51)46-39-44-22-28(41)23-45-39/h2-5,20,22-23,25-26,29,33H,6-19,24H2,1H3,(H,44,45,46)(H,47,53,54). The fourth-order valence-electron chi connectivity index (χ4n) is 9.06. The lowest BCUT2D eigenvalue weighted by Gasteiger charge is -2.39. The van der Waals surface area contributed by atoms with Crippen molar-refractivity contribution >= 4 is 57.1 Å². The number of anilines is 2. The minimum atomic E-state index is -1.35. The van der Waals surface area contributed by atoms with E-state index in [2.05, 4.69) is 36.5 Å². The Morgan fingerprint density at radius 1 is 0.947 bits per heavy atom. The van der Waals surface area contributed by atoms with Crippen molar-refractivity contribution in [3.8, 4) is 6.07 Å². The largest absolute Gasteiger partial charge is 0.370 e. The van der Waals surface area contributed by atoms with Crippen molar-refractivity contribution in [2.45, 2.75) is 74.3 Å². The Morgan fingerprint density at radius 3 is 2.35 bits per heavy atom. The Labute approximate surface area is 337 Å². The van der Waals surface area contributed by atoms with E-state index in [1.807, 2.05) is 16.4 Å². The molecule has 2 aromatic carbocycles. The van der Waals surface area contributed by atoms with E-state index in [0.717, 1.165) is 82.5 Å². The van der Waals surface area contributed by atoms with Crippen LogP contribution in [0.5, 0.6) is 0 Å². The van der Waals surface area contributed by atoms with E-state index < -0.39 is 34.4 Å². The van der Waals surface area contributed by atoms with E-state index in [9.17, 15) is 23.9 Å². The van der Waals surface area contributed by atoms with Crippen molar-refractivity contribution in [1.82, 2.24) is 33.6 Å². The number of halogens is 2. The van der Waals surface area contributed by atoms with Crippen molar-refractivity contribution < 1.29 is 18.2 Å². The number of hydrogen-bond donors (Lipinski definition) is 2. The smallest absolute Gasteiger partial charge is 0.329 e. The van der Waals surface area contributed by atoms with Crippen LogP contribution >= 0.6 is 11.6 Å². The fraction of sp³-hybridized carbons (Fsp3) is 0.500. The third kappa shape index (κ3) is 8.07. The summed E-state index contributed by atoms with van der Waals surface area (Å²) in [5, 5.41) is 16.1. The number of benzene rings is 2. The summed E-state index contributed by atoms with van der Waals surface area (Å²) in [7, 11) is 0.268. The number of amides is 2. The summed E-state index contributed by atoms with van der Waals surface area (Å²) in [6.07, 6.45) is 8.63. The topological polar surface area (TPSA) is 161 Å². The van der Waals surface area contributed by atoms with Crippen LogP contribution in [0.4, 0.5) is 16.0 Å². The first-order valence-corrected chi connectivity index (χ1v) is 21.2. The number of piperidine rings is 4. The van der Waals surface area contributed by atoms with Crippen LogP contribution in [0.3, 0.4) is 0 Å². The maximum atomic E-state index is 15.4. The number of likely N-dealkylation sites (tertiary alicyclic amines) is 1. The first-order valence-electron chi connectivity index (χ1n) is 19.7. The van der Waals surface area contributed by atoms with Crippen LogP contribution < -0.4 is 21.2 Å². The monoisotopic (exact) mass is 816 g/mol. The van der Waals surface area contributed by atoms with Gasteiger partial charge in [-0.2, -0.15) is 5.26 Å². The summed E-state index contributed by atoms with van der Waals surface area (Å²) in [6, 6.07) is 10.3. The summed E-state index contributed by atoms with van der Waals surface area (Å²) in [5.74, 6) is -0.372. The van der Waals surface area contributed by atoms with Gasteiger partial charge in [-0.25, -0.2) is 27.7 Å². The molecule has 6 heterocycles. The Hall–Kier alpha value is -4.69. The van der Waals surface area contributed by atoms with Gasteiger partial charge in [0, 0.05) is 52.2 Å². The van der Waals surface area contributed by atoms with Crippen molar-refractivity contribution in [1.29, 1.82) is 5.26 Å². The number of imide groups is 1. The van der Waals surface area contributed by atoms with Gasteiger partial charge in [0.25, 0.3) is 0 Å². The van der Waals surface area contributed by atoms with Crippen LogP contribution in [-0.2, 0) is 27.6 Å². The van der Waals surface area contributed by atoms with Gasteiger partial charge in [0.15, 0.2) is 0 Å². The van der Waals surface area contributed by atoms with Crippen molar-refractivity contribution in [3.63, 3.8) is 0 Å². The third-order valence-corrected chi connectivity index (χ3v) is 13.8. The summed E-state index contributed by atoms with van der Waals surface area (Å²) < 4.78 is 33.8. The lowest BCUT2D eigenvalue weighted by atomic mass is 9.87. The molecule has 4 fully saturated rings. The van der Waals surface area contributed by atoms with Gasteiger partial charge in [-0.3, -0.25) is 24.0 Å². The molecular formula is C40H46ClFN10O4S. The van der Waals surface area contributed by atoms with Crippen molar-refractivity contribution in [2.24, 2.45) is 13.0 Å². The highest BCUT2D eigenvalue weighted by Gasteiger charge is 2.35. The molecule has 8 rings (SSSR count). The summed E-state index contributed by atoms with van der Waals surface area (Å²) in [5.41, 5.74) is 2.51. The van der Waals surface area contributed by atoms with Gasteiger partial charge in [-0.15, -0.1) is 0 Å². The summed E-state index contributed by atoms with van der Waals surface area (Å²) in [6.45, 7) is 5.64. The van der Waals surface area contributed by atoms with Gasteiger partial charge in [-0.05, 0) is 99.7 Å². The molecule has 4 aromatic rings. The molecule has 2 unspecified atom stereocenters. The zero-order valence-corrected chi connectivity index (χ0v) is 33.4. The first-order chi connectivity index (χ1) is 27.6. The van der Waals surface area contributed by atoms with Crippen LogP contribution in [0, 0.1) is 23.1 Å². The highest BCUT2D eigenvalue weighted by Crippen LogP contribution is 2.36. The Bertz CT molecular complexity index is 2290. The number of fused-ring (bicyclic) bond motifs is 1. The van der Waals surface area contributed by atoms with E-state index in [0.29, 0.717) is 46.0 Å². The molecule has 14 nitrogen and oxygen atoms in total. The van der Waals surface area contributed by atoms with E-state index in [-0.39, 0.29) is 36.2 Å². The maximum Gasteiger partial charge on any atom is 0.329 e. The van der Waals surface area contributed by atoms with Gasteiger partial charge in [0.05, 0.1) is 39.1 Å². The zero-order chi connectivity index (χ0) is 39.8. The predicted octanol–water partition coefficient (Wildman–Crippen LogP) is 4.47. The number of carbonyl (C=O) groups is 2. The highest BCUT2D eigenvalue weighted by atomic mass is 35.5. The molecule has 0 bridgehead atoms. The Kier molecular flexibility index (Phi) is 11.4.